The topological polar surface area (TPSA) is 49.3 Å². The molecular formula is C24H22N4OS. The molecule has 0 radical (unpaired) electrons. The lowest BCUT2D eigenvalue weighted by Gasteiger charge is -2.37. The Kier molecular flexibility index (Phi) is 4.93. The lowest BCUT2D eigenvalue weighted by molar-refractivity contribution is 0.101. The first-order valence-corrected chi connectivity index (χ1v) is 10.9. The predicted octanol–water partition coefficient (Wildman–Crippen LogP) is 4.89. The van der Waals surface area contributed by atoms with Crippen molar-refractivity contribution >= 4 is 38.8 Å². The number of hydrogen-bond donors (Lipinski definition) is 0. The van der Waals surface area contributed by atoms with E-state index >= 15 is 0 Å². The molecule has 3 heterocycles. The molecule has 0 N–H and O–H groups in total. The molecule has 1 aliphatic heterocycles. The van der Waals surface area contributed by atoms with Gasteiger partial charge in [0.2, 0.25) is 0 Å². The van der Waals surface area contributed by atoms with Gasteiger partial charge in [0.25, 0.3) is 0 Å². The highest BCUT2D eigenvalue weighted by Gasteiger charge is 2.21. The fourth-order valence-corrected chi connectivity index (χ4v) is 4.92. The molecule has 1 aliphatic rings. The molecule has 5 rings (SSSR count). The SMILES string of the molecule is CC(=O)c1ccc(N2CCN(c3ncnc4sc(-c5ccccc5)cc34)CC2)cc1. The van der Waals surface area contributed by atoms with E-state index in [1.807, 2.05) is 30.3 Å². The van der Waals surface area contributed by atoms with Crippen molar-refractivity contribution in [2.24, 2.45) is 0 Å². The molecule has 0 atom stereocenters. The van der Waals surface area contributed by atoms with Gasteiger partial charge >= 0.3 is 0 Å². The number of Topliss-reactive ketones (excluding diaryl/α,β-unsaturated/α-hetero) is 1. The molecule has 0 unspecified atom stereocenters. The summed E-state index contributed by atoms with van der Waals surface area (Å²) in [6, 6.07) is 20.6. The Labute approximate surface area is 179 Å². The highest BCUT2D eigenvalue weighted by molar-refractivity contribution is 7.21. The summed E-state index contributed by atoms with van der Waals surface area (Å²) < 4.78 is 0. The van der Waals surface area contributed by atoms with Gasteiger partial charge in [-0.05, 0) is 42.8 Å². The lowest BCUT2D eigenvalue weighted by atomic mass is 10.1. The Morgan fingerprint density at radius 2 is 1.60 bits per heavy atom. The monoisotopic (exact) mass is 414 g/mol. The van der Waals surface area contributed by atoms with Gasteiger partial charge in [0.05, 0.1) is 5.39 Å². The number of piperazine rings is 1. The molecule has 5 nitrogen and oxygen atoms in total. The smallest absolute Gasteiger partial charge is 0.159 e. The summed E-state index contributed by atoms with van der Waals surface area (Å²) in [5.41, 5.74) is 3.13. The third kappa shape index (κ3) is 3.55. The van der Waals surface area contributed by atoms with Crippen LogP contribution in [0.5, 0.6) is 0 Å². The lowest BCUT2D eigenvalue weighted by Crippen LogP contribution is -2.46. The molecule has 1 fully saturated rings. The second kappa shape index (κ2) is 7.88. The standard InChI is InChI=1S/C24H22N4OS/c1-17(29)18-7-9-20(10-8-18)27-11-13-28(14-12-27)23-21-15-22(19-5-3-2-4-6-19)30-24(21)26-16-25-23/h2-10,15-16H,11-14H2,1H3. The van der Waals surface area contributed by atoms with Crippen LogP contribution in [0.25, 0.3) is 20.7 Å². The van der Waals surface area contributed by atoms with Crippen LogP contribution in [0.1, 0.15) is 17.3 Å². The van der Waals surface area contributed by atoms with Crippen molar-refractivity contribution in [3.63, 3.8) is 0 Å². The highest BCUT2D eigenvalue weighted by Crippen LogP contribution is 2.36. The van der Waals surface area contributed by atoms with E-state index in [0.29, 0.717) is 0 Å². The molecule has 2 aromatic carbocycles. The molecule has 4 aromatic rings. The van der Waals surface area contributed by atoms with Gasteiger partial charge in [-0.2, -0.15) is 0 Å². The number of nitrogens with zero attached hydrogens (tertiary/aromatic N) is 4. The summed E-state index contributed by atoms with van der Waals surface area (Å²) in [6.07, 6.45) is 1.68. The Bertz CT molecular complexity index is 1180. The van der Waals surface area contributed by atoms with E-state index < -0.39 is 0 Å². The fourth-order valence-electron chi connectivity index (χ4n) is 3.92. The summed E-state index contributed by atoms with van der Waals surface area (Å²) in [5, 5.41) is 1.13. The van der Waals surface area contributed by atoms with Crippen LogP contribution in [-0.2, 0) is 0 Å². The number of rotatable bonds is 4. The first-order valence-electron chi connectivity index (χ1n) is 10.1. The van der Waals surface area contributed by atoms with Gasteiger partial charge in [-0.1, -0.05) is 30.3 Å². The van der Waals surface area contributed by atoms with E-state index in [-0.39, 0.29) is 5.78 Å². The van der Waals surface area contributed by atoms with Crippen LogP contribution in [0.15, 0.2) is 67.0 Å². The fraction of sp³-hybridized carbons (Fsp3) is 0.208. The third-order valence-electron chi connectivity index (χ3n) is 5.58. The van der Waals surface area contributed by atoms with Gasteiger partial charge < -0.3 is 9.80 Å². The number of carbonyl (C=O) groups excluding carboxylic acids is 1. The van der Waals surface area contributed by atoms with Crippen LogP contribution >= 0.6 is 11.3 Å². The number of fused-ring (bicyclic) bond motifs is 1. The molecule has 0 bridgehead atoms. The first kappa shape index (κ1) is 18.8. The van der Waals surface area contributed by atoms with Gasteiger partial charge in [-0.3, -0.25) is 4.79 Å². The zero-order chi connectivity index (χ0) is 20.5. The largest absolute Gasteiger partial charge is 0.368 e. The second-order valence-electron chi connectivity index (χ2n) is 7.47. The predicted molar refractivity (Wildman–Crippen MR) is 124 cm³/mol. The molecule has 0 saturated carbocycles. The summed E-state index contributed by atoms with van der Waals surface area (Å²) in [6.45, 7) is 5.24. The average Bonchev–Trinajstić information content (AvgIpc) is 3.24. The Balaban J connectivity index is 1.36. The van der Waals surface area contributed by atoms with E-state index in [4.69, 9.17) is 0 Å². The second-order valence-corrected chi connectivity index (χ2v) is 8.50. The minimum atomic E-state index is 0.102. The van der Waals surface area contributed by atoms with Gasteiger partial charge in [-0.15, -0.1) is 11.3 Å². The summed E-state index contributed by atoms with van der Waals surface area (Å²) in [7, 11) is 0. The van der Waals surface area contributed by atoms with Crippen molar-refractivity contribution in [3.8, 4) is 10.4 Å². The number of benzene rings is 2. The molecule has 0 spiro atoms. The van der Waals surface area contributed by atoms with Crippen molar-refractivity contribution in [1.29, 1.82) is 0 Å². The van der Waals surface area contributed by atoms with Crippen molar-refractivity contribution < 1.29 is 4.79 Å². The van der Waals surface area contributed by atoms with Crippen molar-refractivity contribution in [2.75, 3.05) is 36.0 Å². The molecule has 6 heteroatoms. The maximum Gasteiger partial charge on any atom is 0.159 e. The Morgan fingerprint density at radius 1 is 0.900 bits per heavy atom. The van der Waals surface area contributed by atoms with Crippen LogP contribution in [0, 0.1) is 0 Å². The van der Waals surface area contributed by atoms with E-state index in [0.717, 1.165) is 53.5 Å². The third-order valence-corrected chi connectivity index (χ3v) is 6.68. The number of thiophene rings is 1. The summed E-state index contributed by atoms with van der Waals surface area (Å²) >= 11 is 1.71. The molecule has 0 amide bonds. The van der Waals surface area contributed by atoms with Crippen LogP contribution in [0.2, 0.25) is 0 Å². The quantitative estimate of drug-likeness (QED) is 0.445. The molecule has 1 saturated heterocycles. The number of carbonyl (C=O) groups is 1. The molecular weight excluding hydrogens is 392 g/mol. The van der Waals surface area contributed by atoms with E-state index in [2.05, 4.69) is 50.1 Å². The first-order chi connectivity index (χ1) is 14.7. The average molecular weight is 415 g/mol. The summed E-state index contributed by atoms with van der Waals surface area (Å²) in [4.78, 5) is 27.6. The number of aromatic nitrogens is 2. The highest BCUT2D eigenvalue weighted by atomic mass is 32.1. The molecule has 150 valence electrons. The minimum absolute atomic E-state index is 0.102. The Morgan fingerprint density at radius 3 is 2.30 bits per heavy atom. The van der Waals surface area contributed by atoms with E-state index in [1.54, 1.807) is 24.6 Å². The van der Waals surface area contributed by atoms with Gasteiger partial charge in [0.1, 0.15) is 17.0 Å². The zero-order valence-electron chi connectivity index (χ0n) is 16.8. The Hall–Kier alpha value is -3.25. The normalized spacial score (nSPS) is 14.3. The van der Waals surface area contributed by atoms with Gasteiger partial charge in [-0.25, -0.2) is 9.97 Å². The van der Waals surface area contributed by atoms with Crippen molar-refractivity contribution in [2.45, 2.75) is 6.92 Å². The van der Waals surface area contributed by atoms with Crippen LogP contribution in [0.3, 0.4) is 0 Å². The molecule has 0 aliphatic carbocycles. The minimum Gasteiger partial charge on any atom is -0.368 e. The maximum absolute atomic E-state index is 11.5. The van der Waals surface area contributed by atoms with Crippen LogP contribution in [0.4, 0.5) is 11.5 Å². The molecule has 2 aromatic heterocycles. The number of hydrogen-bond acceptors (Lipinski definition) is 6. The van der Waals surface area contributed by atoms with E-state index in [9.17, 15) is 4.79 Å². The number of anilines is 2. The van der Waals surface area contributed by atoms with Crippen LogP contribution in [-0.4, -0.2) is 41.9 Å². The van der Waals surface area contributed by atoms with Gasteiger partial charge in [0.15, 0.2) is 5.78 Å². The van der Waals surface area contributed by atoms with Gasteiger partial charge in [0, 0.05) is 42.3 Å². The van der Waals surface area contributed by atoms with Crippen LogP contribution < -0.4 is 9.80 Å². The maximum atomic E-state index is 11.5. The van der Waals surface area contributed by atoms with Crippen molar-refractivity contribution in [1.82, 2.24) is 9.97 Å². The molecule has 30 heavy (non-hydrogen) atoms. The zero-order valence-corrected chi connectivity index (χ0v) is 17.6. The van der Waals surface area contributed by atoms with E-state index in [1.165, 1.54) is 10.4 Å². The van der Waals surface area contributed by atoms with Crippen molar-refractivity contribution in [3.05, 3.63) is 72.6 Å². The number of ketones is 1. The summed E-state index contributed by atoms with van der Waals surface area (Å²) in [5.74, 6) is 1.12.